The Balaban J connectivity index is 1.43. The molecular weight excluding hydrogens is 392 g/mol. The number of rotatable bonds is 6. The van der Waals surface area contributed by atoms with E-state index in [1.54, 1.807) is 48.5 Å². The van der Waals surface area contributed by atoms with Gasteiger partial charge in [-0.05, 0) is 74.0 Å². The number of anilines is 2. The zero-order valence-electron chi connectivity index (χ0n) is 17.3. The summed E-state index contributed by atoms with van der Waals surface area (Å²) in [7, 11) is 0. The van der Waals surface area contributed by atoms with E-state index in [9.17, 15) is 9.59 Å². The Morgan fingerprint density at radius 2 is 1.68 bits per heavy atom. The van der Waals surface area contributed by atoms with Crippen molar-refractivity contribution in [2.45, 2.75) is 13.8 Å². The first-order valence-electron chi connectivity index (χ1n) is 9.98. The zero-order chi connectivity index (χ0) is 21.8. The molecule has 6 heteroatoms. The Morgan fingerprint density at radius 3 is 2.39 bits per heavy atom. The van der Waals surface area contributed by atoms with Crippen molar-refractivity contribution in [3.05, 3.63) is 89.7 Å². The summed E-state index contributed by atoms with van der Waals surface area (Å²) in [6.45, 7) is 4.34. The van der Waals surface area contributed by atoms with Crippen LogP contribution in [-0.2, 0) is 0 Å². The van der Waals surface area contributed by atoms with Crippen molar-refractivity contribution in [3.63, 3.8) is 0 Å². The molecule has 3 aromatic carbocycles. The van der Waals surface area contributed by atoms with E-state index in [1.807, 2.05) is 38.1 Å². The SMILES string of the molecule is CCOc1ccc(C(=O)Nc2ccc(NC(=O)c3cc4ccccc4o3)c(C)c2)cc1. The van der Waals surface area contributed by atoms with Crippen molar-refractivity contribution < 1.29 is 18.7 Å². The highest BCUT2D eigenvalue weighted by Crippen LogP contribution is 2.23. The van der Waals surface area contributed by atoms with E-state index in [2.05, 4.69) is 10.6 Å². The first-order valence-corrected chi connectivity index (χ1v) is 9.98. The van der Waals surface area contributed by atoms with Gasteiger partial charge in [-0.1, -0.05) is 18.2 Å². The quantitative estimate of drug-likeness (QED) is 0.428. The third-order valence-electron chi connectivity index (χ3n) is 4.81. The fourth-order valence-electron chi connectivity index (χ4n) is 3.23. The van der Waals surface area contributed by atoms with E-state index >= 15 is 0 Å². The van der Waals surface area contributed by atoms with Gasteiger partial charge in [0.15, 0.2) is 5.76 Å². The van der Waals surface area contributed by atoms with Crippen LogP contribution in [0.5, 0.6) is 5.75 Å². The second kappa shape index (κ2) is 8.75. The number of para-hydroxylation sites is 1. The van der Waals surface area contributed by atoms with E-state index in [0.717, 1.165) is 16.7 Å². The van der Waals surface area contributed by atoms with E-state index < -0.39 is 0 Å². The maximum atomic E-state index is 12.6. The normalized spacial score (nSPS) is 10.6. The Bertz CT molecular complexity index is 1210. The van der Waals surface area contributed by atoms with Gasteiger partial charge < -0.3 is 19.8 Å². The zero-order valence-corrected chi connectivity index (χ0v) is 17.3. The molecule has 0 aliphatic heterocycles. The summed E-state index contributed by atoms with van der Waals surface area (Å²) in [4.78, 5) is 25.1. The number of amides is 2. The Hall–Kier alpha value is -4.06. The molecule has 1 heterocycles. The summed E-state index contributed by atoms with van der Waals surface area (Å²) in [5.74, 6) is 0.417. The fraction of sp³-hybridized carbons (Fsp3) is 0.120. The highest BCUT2D eigenvalue weighted by atomic mass is 16.5. The maximum Gasteiger partial charge on any atom is 0.291 e. The van der Waals surface area contributed by atoms with Crippen molar-refractivity contribution in [2.24, 2.45) is 0 Å². The van der Waals surface area contributed by atoms with Crippen LogP contribution in [0.4, 0.5) is 11.4 Å². The lowest BCUT2D eigenvalue weighted by molar-refractivity contribution is 0.0996. The van der Waals surface area contributed by atoms with Gasteiger partial charge in [0, 0.05) is 22.3 Å². The number of hydrogen-bond acceptors (Lipinski definition) is 4. The van der Waals surface area contributed by atoms with Crippen LogP contribution in [0, 0.1) is 6.92 Å². The second-order valence-corrected chi connectivity index (χ2v) is 7.04. The van der Waals surface area contributed by atoms with Crippen molar-refractivity contribution in [2.75, 3.05) is 17.2 Å². The summed E-state index contributed by atoms with van der Waals surface area (Å²) in [5, 5.41) is 6.60. The lowest BCUT2D eigenvalue weighted by atomic mass is 10.1. The molecule has 0 spiro atoms. The number of carbonyl (C=O) groups excluding carboxylic acids is 2. The molecule has 0 bridgehead atoms. The van der Waals surface area contributed by atoms with Gasteiger partial charge in [-0.15, -0.1) is 0 Å². The monoisotopic (exact) mass is 414 g/mol. The van der Waals surface area contributed by atoms with Gasteiger partial charge in [0.1, 0.15) is 11.3 Å². The van der Waals surface area contributed by atoms with Gasteiger partial charge >= 0.3 is 0 Å². The molecule has 4 rings (SSSR count). The summed E-state index contributed by atoms with van der Waals surface area (Å²) in [6, 6.07) is 21.4. The summed E-state index contributed by atoms with van der Waals surface area (Å²) in [5.41, 5.74) is 3.29. The minimum absolute atomic E-state index is 0.221. The molecule has 156 valence electrons. The Morgan fingerprint density at radius 1 is 0.903 bits per heavy atom. The highest BCUT2D eigenvalue weighted by molar-refractivity contribution is 6.06. The van der Waals surface area contributed by atoms with E-state index in [1.165, 1.54) is 0 Å². The summed E-state index contributed by atoms with van der Waals surface area (Å²) >= 11 is 0. The molecule has 0 atom stereocenters. The van der Waals surface area contributed by atoms with Crippen molar-refractivity contribution >= 4 is 34.2 Å². The second-order valence-electron chi connectivity index (χ2n) is 7.04. The molecule has 4 aromatic rings. The third-order valence-corrected chi connectivity index (χ3v) is 4.81. The summed E-state index contributed by atoms with van der Waals surface area (Å²) in [6.07, 6.45) is 0. The predicted molar refractivity (Wildman–Crippen MR) is 121 cm³/mol. The predicted octanol–water partition coefficient (Wildman–Crippen LogP) is 5.64. The van der Waals surface area contributed by atoms with Crippen LogP contribution in [0.25, 0.3) is 11.0 Å². The lowest BCUT2D eigenvalue weighted by Crippen LogP contribution is -2.14. The van der Waals surface area contributed by atoms with E-state index in [-0.39, 0.29) is 17.6 Å². The maximum absolute atomic E-state index is 12.6. The molecule has 0 unspecified atom stereocenters. The van der Waals surface area contributed by atoms with Crippen LogP contribution in [0.1, 0.15) is 33.4 Å². The molecule has 2 amide bonds. The number of furan rings is 1. The largest absolute Gasteiger partial charge is 0.494 e. The molecule has 31 heavy (non-hydrogen) atoms. The topological polar surface area (TPSA) is 80.6 Å². The number of carbonyl (C=O) groups is 2. The molecule has 6 nitrogen and oxygen atoms in total. The first-order chi connectivity index (χ1) is 15.0. The van der Waals surface area contributed by atoms with Gasteiger partial charge in [-0.25, -0.2) is 0 Å². The number of aryl methyl sites for hydroxylation is 1. The van der Waals surface area contributed by atoms with E-state index in [4.69, 9.17) is 9.15 Å². The van der Waals surface area contributed by atoms with E-state index in [0.29, 0.717) is 29.1 Å². The van der Waals surface area contributed by atoms with Crippen molar-refractivity contribution in [3.8, 4) is 5.75 Å². The van der Waals surface area contributed by atoms with Gasteiger partial charge in [0.05, 0.1) is 6.61 Å². The van der Waals surface area contributed by atoms with Crippen LogP contribution >= 0.6 is 0 Å². The smallest absolute Gasteiger partial charge is 0.291 e. The molecule has 1 aromatic heterocycles. The average Bonchev–Trinajstić information content (AvgIpc) is 3.21. The van der Waals surface area contributed by atoms with Crippen LogP contribution in [0.3, 0.4) is 0 Å². The number of hydrogen-bond donors (Lipinski definition) is 2. The standard InChI is InChI=1S/C25H22N2O4/c1-3-30-20-11-8-17(9-12-20)24(28)26-19-10-13-21(16(2)14-19)27-25(29)23-15-18-6-4-5-7-22(18)31-23/h4-15H,3H2,1-2H3,(H,26,28)(H,27,29). The number of benzene rings is 3. The first kappa shape index (κ1) is 20.2. The third kappa shape index (κ3) is 4.59. The number of ether oxygens (including phenoxy) is 1. The molecule has 0 saturated carbocycles. The van der Waals surface area contributed by atoms with Crippen LogP contribution < -0.4 is 15.4 Å². The molecular formula is C25H22N2O4. The van der Waals surface area contributed by atoms with Crippen molar-refractivity contribution in [1.29, 1.82) is 0 Å². The average molecular weight is 414 g/mol. The molecule has 0 aliphatic rings. The molecule has 0 saturated heterocycles. The molecule has 0 aliphatic carbocycles. The summed E-state index contributed by atoms with van der Waals surface area (Å²) < 4.78 is 11.0. The minimum Gasteiger partial charge on any atom is -0.494 e. The number of fused-ring (bicyclic) bond motifs is 1. The van der Waals surface area contributed by atoms with Crippen LogP contribution in [-0.4, -0.2) is 18.4 Å². The number of nitrogens with one attached hydrogen (secondary N) is 2. The highest BCUT2D eigenvalue weighted by Gasteiger charge is 2.14. The molecule has 0 fully saturated rings. The van der Waals surface area contributed by atoms with Gasteiger partial charge in [-0.2, -0.15) is 0 Å². The van der Waals surface area contributed by atoms with Crippen LogP contribution in [0.2, 0.25) is 0 Å². The van der Waals surface area contributed by atoms with Crippen molar-refractivity contribution in [1.82, 2.24) is 0 Å². The van der Waals surface area contributed by atoms with Gasteiger partial charge in [-0.3, -0.25) is 9.59 Å². The Kier molecular flexibility index (Phi) is 5.71. The lowest BCUT2D eigenvalue weighted by Gasteiger charge is -2.11. The Labute approximate surface area is 179 Å². The van der Waals surface area contributed by atoms with Crippen LogP contribution in [0.15, 0.2) is 77.2 Å². The van der Waals surface area contributed by atoms with Gasteiger partial charge in [0.25, 0.3) is 11.8 Å². The fourth-order valence-corrected chi connectivity index (χ4v) is 3.23. The van der Waals surface area contributed by atoms with Gasteiger partial charge in [0.2, 0.25) is 0 Å². The molecule has 2 N–H and O–H groups in total. The molecule has 0 radical (unpaired) electrons. The minimum atomic E-state index is -0.328.